The molecule has 1 aliphatic heterocycles. The van der Waals surface area contributed by atoms with Crippen molar-refractivity contribution in [1.29, 1.82) is 0 Å². The first kappa shape index (κ1) is 15.2. The van der Waals surface area contributed by atoms with Crippen molar-refractivity contribution in [1.82, 2.24) is 9.88 Å². The highest BCUT2D eigenvalue weighted by Gasteiger charge is 2.28. The normalized spacial score (nSPS) is 19.2. The van der Waals surface area contributed by atoms with E-state index in [0.29, 0.717) is 0 Å². The minimum atomic E-state index is -1.19. The third kappa shape index (κ3) is 3.27. The molecule has 1 unspecified atom stereocenters. The van der Waals surface area contributed by atoms with Gasteiger partial charge in [-0.3, -0.25) is 10.1 Å². The molecule has 0 saturated carbocycles. The summed E-state index contributed by atoms with van der Waals surface area (Å²) in [6, 6.07) is 2.44. The molecule has 2 rings (SSSR count). The molecule has 1 aliphatic rings. The van der Waals surface area contributed by atoms with Gasteiger partial charge in [0.05, 0.1) is 4.92 Å². The minimum Gasteiger partial charge on any atom is -0.477 e. The van der Waals surface area contributed by atoms with E-state index < -0.39 is 10.9 Å². The second-order valence-electron chi connectivity index (χ2n) is 5.27. The van der Waals surface area contributed by atoms with E-state index in [9.17, 15) is 14.9 Å². The summed E-state index contributed by atoms with van der Waals surface area (Å²) in [5.74, 6) is -1.08. The first-order chi connectivity index (χ1) is 9.90. The average molecular weight is 294 g/mol. The van der Waals surface area contributed by atoms with E-state index in [2.05, 4.69) is 9.88 Å². The molecule has 114 valence electrons. The molecule has 2 heterocycles. The van der Waals surface area contributed by atoms with Crippen molar-refractivity contribution < 1.29 is 14.8 Å². The van der Waals surface area contributed by atoms with Gasteiger partial charge in [-0.2, -0.15) is 0 Å². The molecule has 8 nitrogen and oxygen atoms in total. The number of hydrogen-bond acceptors (Lipinski definition) is 6. The molecule has 1 fully saturated rings. The van der Waals surface area contributed by atoms with Gasteiger partial charge in [0.2, 0.25) is 5.82 Å². The van der Waals surface area contributed by atoms with Crippen LogP contribution in [0.3, 0.4) is 0 Å². The number of anilines is 1. The van der Waals surface area contributed by atoms with Gasteiger partial charge in [0, 0.05) is 25.7 Å². The van der Waals surface area contributed by atoms with Crippen LogP contribution in [0.4, 0.5) is 11.5 Å². The number of hydrogen-bond donors (Lipinski definition) is 1. The van der Waals surface area contributed by atoms with Gasteiger partial charge in [-0.1, -0.05) is 0 Å². The molecule has 21 heavy (non-hydrogen) atoms. The number of likely N-dealkylation sites (N-methyl/N-ethyl adjacent to an activating group) is 2. The molecule has 1 saturated heterocycles. The quantitative estimate of drug-likeness (QED) is 0.658. The predicted octanol–water partition coefficient (Wildman–Crippen LogP) is 1.22. The first-order valence-corrected chi connectivity index (χ1v) is 6.70. The van der Waals surface area contributed by atoms with Crippen molar-refractivity contribution in [3.8, 4) is 0 Å². The van der Waals surface area contributed by atoms with E-state index in [1.807, 2.05) is 7.05 Å². The van der Waals surface area contributed by atoms with Crippen LogP contribution >= 0.6 is 0 Å². The summed E-state index contributed by atoms with van der Waals surface area (Å²) in [6.07, 6.45) is 1.90. The van der Waals surface area contributed by atoms with Crippen molar-refractivity contribution in [2.24, 2.45) is 0 Å². The van der Waals surface area contributed by atoms with Crippen molar-refractivity contribution in [2.45, 2.75) is 18.9 Å². The van der Waals surface area contributed by atoms with Gasteiger partial charge < -0.3 is 14.9 Å². The number of likely N-dealkylation sites (tertiary alicyclic amines) is 1. The molecule has 8 heteroatoms. The van der Waals surface area contributed by atoms with Crippen LogP contribution in [0.2, 0.25) is 0 Å². The fourth-order valence-electron chi connectivity index (χ4n) is 2.59. The highest BCUT2D eigenvalue weighted by molar-refractivity contribution is 5.86. The number of nitrogens with zero attached hydrogens (tertiary/aromatic N) is 4. The van der Waals surface area contributed by atoms with Crippen molar-refractivity contribution >= 4 is 17.5 Å². The van der Waals surface area contributed by atoms with Crippen LogP contribution in [0.25, 0.3) is 0 Å². The number of aromatic nitrogens is 1. The zero-order valence-electron chi connectivity index (χ0n) is 12.0. The molecule has 0 aromatic carbocycles. The van der Waals surface area contributed by atoms with Gasteiger partial charge in [-0.25, -0.2) is 9.78 Å². The standard InChI is InChI=1S/C13H18N4O4/c1-15-7-3-4-9(8-15)16(2)12-11(17(20)21)6-5-10(14-12)13(18)19/h5-6,9H,3-4,7-8H2,1-2H3,(H,18,19). The fourth-order valence-corrected chi connectivity index (χ4v) is 2.59. The fraction of sp³-hybridized carbons (Fsp3) is 0.538. The van der Waals surface area contributed by atoms with Crippen LogP contribution in [0, 0.1) is 10.1 Å². The third-order valence-corrected chi connectivity index (χ3v) is 3.75. The molecule has 0 aliphatic carbocycles. The second kappa shape index (κ2) is 6.04. The molecule has 1 N–H and O–H groups in total. The molecule has 1 aromatic rings. The Hall–Kier alpha value is -2.22. The van der Waals surface area contributed by atoms with E-state index in [1.54, 1.807) is 11.9 Å². The molecule has 0 amide bonds. The Morgan fingerprint density at radius 1 is 1.57 bits per heavy atom. The summed E-state index contributed by atoms with van der Waals surface area (Å²) in [5.41, 5.74) is -0.359. The predicted molar refractivity (Wildman–Crippen MR) is 76.8 cm³/mol. The topological polar surface area (TPSA) is 99.8 Å². The Morgan fingerprint density at radius 3 is 2.86 bits per heavy atom. The number of carboxylic acid groups (broad SMARTS) is 1. The van der Waals surface area contributed by atoms with Crippen LogP contribution in [0.1, 0.15) is 23.3 Å². The number of piperidine rings is 1. The molecule has 0 radical (unpaired) electrons. The lowest BCUT2D eigenvalue weighted by Gasteiger charge is -2.36. The number of rotatable bonds is 4. The largest absolute Gasteiger partial charge is 0.477 e. The summed E-state index contributed by atoms with van der Waals surface area (Å²) in [6.45, 7) is 1.77. The van der Waals surface area contributed by atoms with Gasteiger partial charge in [-0.05, 0) is 32.5 Å². The Bertz CT molecular complexity index is 563. The molecular weight excluding hydrogens is 276 g/mol. The van der Waals surface area contributed by atoms with Gasteiger partial charge in [0.1, 0.15) is 0 Å². The van der Waals surface area contributed by atoms with Gasteiger partial charge in [0.25, 0.3) is 0 Å². The van der Waals surface area contributed by atoms with Crippen molar-refractivity contribution in [3.05, 3.63) is 27.9 Å². The minimum absolute atomic E-state index is 0.0824. The zero-order valence-corrected chi connectivity index (χ0v) is 12.0. The number of nitro groups is 1. The van der Waals surface area contributed by atoms with Crippen LogP contribution in [0.15, 0.2) is 12.1 Å². The van der Waals surface area contributed by atoms with E-state index in [-0.39, 0.29) is 23.2 Å². The Balaban J connectivity index is 2.37. The lowest BCUT2D eigenvalue weighted by atomic mass is 10.0. The Morgan fingerprint density at radius 2 is 2.29 bits per heavy atom. The zero-order chi connectivity index (χ0) is 15.6. The van der Waals surface area contributed by atoms with Crippen LogP contribution in [-0.2, 0) is 0 Å². The van der Waals surface area contributed by atoms with Crippen LogP contribution < -0.4 is 4.90 Å². The van der Waals surface area contributed by atoms with E-state index >= 15 is 0 Å². The Labute approximate surface area is 122 Å². The third-order valence-electron chi connectivity index (χ3n) is 3.75. The number of carbonyl (C=O) groups is 1. The summed E-state index contributed by atoms with van der Waals surface area (Å²) < 4.78 is 0. The molecular formula is C13H18N4O4. The molecule has 1 aromatic heterocycles. The highest BCUT2D eigenvalue weighted by atomic mass is 16.6. The Kier molecular flexibility index (Phi) is 4.37. The maximum Gasteiger partial charge on any atom is 0.354 e. The van der Waals surface area contributed by atoms with Gasteiger partial charge in [0.15, 0.2) is 5.69 Å². The van der Waals surface area contributed by atoms with E-state index in [0.717, 1.165) is 32.0 Å². The number of pyridine rings is 1. The molecule has 0 spiro atoms. The smallest absolute Gasteiger partial charge is 0.354 e. The van der Waals surface area contributed by atoms with Crippen molar-refractivity contribution in [3.63, 3.8) is 0 Å². The monoisotopic (exact) mass is 294 g/mol. The first-order valence-electron chi connectivity index (χ1n) is 6.70. The van der Waals surface area contributed by atoms with Crippen LogP contribution in [0.5, 0.6) is 0 Å². The maximum absolute atomic E-state index is 11.1. The number of carboxylic acids is 1. The van der Waals surface area contributed by atoms with E-state index in [4.69, 9.17) is 5.11 Å². The van der Waals surface area contributed by atoms with Crippen LogP contribution in [-0.4, -0.2) is 59.1 Å². The average Bonchev–Trinajstić information content (AvgIpc) is 2.45. The summed E-state index contributed by atoms with van der Waals surface area (Å²) in [5, 5.41) is 20.1. The SMILES string of the molecule is CN1CCCC(N(C)c2nc(C(=O)O)ccc2[N+](=O)[O-])C1. The van der Waals surface area contributed by atoms with Gasteiger partial charge >= 0.3 is 11.7 Å². The summed E-state index contributed by atoms with van der Waals surface area (Å²) >= 11 is 0. The van der Waals surface area contributed by atoms with E-state index in [1.165, 1.54) is 6.07 Å². The number of aromatic carboxylic acids is 1. The maximum atomic E-state index is 11.1. The van der Waals surface area contributed by atoms with Crippen molar-refractivity contribution in [2.75, 3.05) is 32.1 Å². The van der Waals surface area contributed by atoms with Gasteiger partial charge in [-0.15, -0.1) is 0 Å². The lowest BCUT2D eigenvalue weighted by molar-refractivity contribution is -0.384. The lowest BCUT2D eigenvalue weighted by Crippen LogP contribution is -2.45. The summed E-state index contributed by atoms with van der Waals surface area (Å²) in [4.78, 5) is 29.5. The molecule has 1 atom stereocenters. The highest BCUT2D eigenvalue weighted by Crippen LogP contribution is 2.28. The summed E-state index contributed by atoms with van der Waals surface area (Å²) in [7, 11) is 3.72. The molecule has 0 bridgehead atoms. The second-order valence-corrected chi connectivity index (χ2v) is 5.27.